The number of nitrogens with one attached hydrogen (secondary N) is 1. The quantitative estimate of drug-likeness (QED) is 0.814. The van der Waals surface area contributed by atoms with Crippen LogP contribution in [0.1, 0.15) is 23.1 Å². The first-order valence-corrected chi connectivity index (χ1v) is 7.00. The molecule has 2 aliphatic rings. The number of carbonyl (C=O) groups excluding carboxylic acids is 2. The summed E-state index contributed by atoms with van der Waals surface area (Å²) in [6.45, 7) is 0.127. The lowest BCUT2D eigenvalue weighted by Gasteiger charge is -2.46. The highest BCUT2D eigenvalue weighted by Crippen LogP contribution is 2.49. The van der Waals surface area contributed by atoms with E-state index in [4.69, 9.17) is 0 Å². The Morgan fingerprint density at radius 1 is 0.952 bits per heavy atom. The first-order chi connectivity index (χ1) is 10.3. The molecule has 1 fully saturated rings. The number of β-lactam (4-membered cyclic amide) rings is 1. The van der Waals surface area contributed by atoms with Crippen LogP contribution in [0.25, 0.3) is 0 Å². The average molecular weight is 278 g/mol. The molecule has 2 aliphatic heterocycles. The van der Waals surface area contributed by atoms with Crippen molar-refractivity contribution in [3.63, 3.8) is 0 Å². The topological polar surface area (TPSA) is 49.4 Å². The molecule has 2 unspecified atom stereocenters. The number of fused-ring (bicyclic) bond motifs is 3. The minimum Gasteiger partial charge on any atom is -0.324 e. The summed E-state index contributed by atoms with van der Waals surface area (Å²) in [7, 11) is 0. The number of hydrogen-bond donors (Lipinski definition) is 1. The Morgan fingerprint density at radius 3 is 2.48 bits per heavy atom. The molecule has 0 aliphatic carbocycles. The normalized spacial score (nSPS) is 23.5. The van der Waals surface area contributed by atoms with Gasteiger partial charge in [-0.05, 0) is 17.2 Å². The van der Waals surface area contributed by atoms with E-state index in [1.807, 2.05) is 54.6 Å². The number of carbonyl (C=O) groups is 2. The van der Waals surface area contributed by atoms with Crippen molar-refractivity contribution in [1.29, 1.82) is 0 Å². The van der Waals surface area contributed by atoms with Crippen molar-refractivity contribution in [2.24, 2.45) is 0 Å². The summed E-state index contributed by atoms with van der Waals surface area (Å²) < 4.78 is 0. The highest BCUT2D eigenvalue weighted by Gasteiger charge is 2.51. The van der Waals surface area contributed by atoms with E-state index in [-0.39, 0.29) is 30.3 Å². The highest BCUT2D eigenvalue weighted by molar-refractivity contribution is 6.01. The van der Waals surface area contributed by atoms with E-state index in [1.54, 1.807) is 4.90 Å². The molecule has 21 heavy (non-hydrogen) atoms. The van der Waals surface area contributed by atoms with E-state index in [1.165, 1.54) is 0 Å². The van der Waals surface area contributed by atoms with Crippen molar-refractivity contribution < 1.29 is 9.59 Å². The summed E-state index contributed by atoms with van der Waals surface area (Å²) in [6, 6.07) is 17.4. The van der Waals surface area contributed by atoms with Gasteiger partial charge in [0.15, 0.2) is 0 Å². The Morgan fingerprint density at radius 2 is 1.67 bits per heavy atom. The zero-order chi connectivity index (χ0) is 14.4. The Labute approximate surface area is 122 Å². The van der Waals surface area contributed by atoms with Crippen LogP contribution in [0, 0.1) is 0 Å². The maximum atomic E-state index is 12.5. The van der Waals surface area contributed by atoms with Crippen molar-refractivity contribution in [2.75, 3.05) is 11.9 Å². The molecule has 0 radical (unpaired) electrons. The van der Waals surface area contributed by atoms with Crippen LogP contribution in [0.15, 0.2) is 54.6 Å². The number of hydrogen-bond acceptors (Lipinski definition) is 2. The maximum absolute atomic E-state index is 12.5. The number of rotatable bonds is 1. The van der Waals surface area contributed by atoms with E-state index in [9.17, 15) is 9.59 Å². The largest absolute Gasteiger partial charge is 0.324 e. The van der Waals surface area contributed by atoms with Crippen molar-refractivity contribution in [1.82, 2.24) is 4.90 Å². The Hall–Kier alpha value is -2.62. The second-order valence-electron chi connectivity index (χ2n) is 5.43. The van der Waals surface area contributed by atoms with Gasteiger partial charge in [-0.3, -0.25) is 9.59 Å². The molecular formula is C17H14N2O2. The molecule has 1 saturated heterocycles. The molecule has 2 heterocycles. The molecule has 4 heteroatoms. The monoisotopic (exact) mass is 278 g/mol. The zero-order valence-electron chi connectivity index (χ0n) is 11.3. The average Bonchev–Trinajstić information content (AvgIpc) is 2.63. The Kier molecular flexibility index (Phi) is 2.57. The summed E-state index contributed by atoms with van der Waals surface area (Å²) in [5, 5.41) is 2.88. The standard InChI is InChI=1S/C17H14N2O2/c20-14-10-19-16(12-8-4-5-9-13(12)18-14)15(17(19)21)11-6-2-1-3-7-11/h1-9,15-16H,10H2,(H,18,20). The van der Waals surface area contributed by atoms with Gasteiger partial charge < -0.3 is 10.2 Å². The van der Waals surface area contributed by atoms with Gasteiger partial charge in [0, 0.05) is 5.69 Å². The maximum Gasteiger partial charge on any atom is 0.244 e. The number of amides is 2. The second kappa shape index (κ2) is 4.45. The van der Waals surface area contributed by atoms with Crippen LogP contribution in [0.2, 0.25) is 0 Å². The highest BCUT2D eigenvalue weighted by atomic mass is 16.2. The molecule has 1 N–H and O–H groups in total. The first-order valence-electron chi connectivity index (χ1n) is 7.00. The van der Waals surface area contributed by atoms with E-state index >= 15 is 0 Å². The zero-order valence-corrected chi connectivity index (χ0v) is 11.3. The lowest BCUT2D eigenvalue weighted by atomic mass is 9.77. The first kappa shape index (κ1) is 12.1. The number of para-hydroxylation sites is 1. The van der Waals surface area contributed by atoms with Gasteiger partial charge in [0.25, 0.3) is 0 Å². The van der Waals surface area contributed by atoms with Gasteiger partial charge in [0.05, 0.1) is 12.0 Å². The predicted molar refractivity (Wildman–Crippen MR) is 78.7 cm³/mol. The van der Waals surface area contributed by atoms with Gasteiger partial charge in [-0.15, -0.1) is 0 Å². The van der Waals surface area contributed by atoms with Crippen LogP contribution in [0.4, 0.5) is 5.69 Å². The van der Waals surface area contributed by atoms with Gasteiger partial charge in [-0.1, -0.05) is 48.5 Å². The Bertz CT molecular complexity index is 727. The van der Waals surface area contributed by atoms with E-state index < -0.39 is 0 Å². The fourth-order valence-electron chi connectivity index (χ4n) is 3.27. The minimum atomic E-state index is -0.194. The summed E-state index contributed by atoms with van der Waals surface area (Å²) in [5.74, 6) is -0.303. The predicted octanol–water partition coefficient (Wildman–Crippen LogP) is 2.31. The molecule has 0 aromatic heterocycles. The lowest BCUT2D eigenvalue weighted by molar-refractivity contribution is -0.152. The van der Waals surface area contributed by atoms with Crippen molar-refractivity contribution in [3.05, 3.63) is 65.7 Å². The molecular weight excluding hydrogens is 264 g/mol. The molecule has 0 spiro atoms. The molecule has 2 aromatic carbocycles. The molecule has 4 nitrogen and oxygen atoms in total. The lowest BCUT2D eigenvalue weighted by Crippen LogP contribution is -2.54. The fourth-order valence-corrected chi connectivity index (χ4v) is 3.27. The number of anilines is 1. The van der Waals surface area contributed by atoms with Gasteiger partial charge >= 0.3 is 0 Å². The van der Waals surface area contributed by atoms with Crippen LogP contribution >= 0.6 is 0 Å². The number of benzene rings is 2. The third-order valence-electron chi connectivity index (χ3n) is 4.23. The second-order valence-corrected chi connectivity index (χ2v) is 5.43. The van der Waals surface area contributed by atoms with Crippen LogP contribution in [-0.4, -0.2) is 23.3 Å². The fraction of sp³-hybridized carbons (Fsp3) is 0.176. The molecule has 2 atom stereocenters. The molecule has 4 rings (SSSR count). The number of nitrogens with zero attached hydrogens (tertiary/aromatic N) is 1. The van der Waals surface area contributed by atoms with Crippen LogP contribution in [-0.2, 0) is 9.59 Å². The van der Waals surface area contributed by atoms with E-state index in [2.05, 4.69) is 5.32 Å². The van der Waals surface area contributed by atoms with Crippen LogP contribution in [0.3, 0.4) is 0 Å². The molecule has 2 amide bonds. The van der Waals surface area contributed by atoms with Gasteiger partial charge in [0.2, 0.25) is 11.8 Å². The summed E-state index contributed by atoms with van der Waals surface area (Å²) in [4.78, 5) is 26.0. The smallest absolute Gasteiger partial charge is 0.244 e. The molecule has 2 aromatic rings. The molecule has 0 saturated carbocycles. The van der Waals surface area contributed by atoms with Crippen molar-refractivity contribution in [3.8, 4) is 0 Å². The van der Waals surface area contributed by atoms with Crippen LogP contribution in [0.5, 0.6) is 0 Å². The molecule has 104 valence electrons. The van der Waals surface area contributed by atoms with E-state index in [0.29, 0.717) is 0 Å². The summed E-state index contributed by atoms with van der Waals surface area (Å²) >= 11 is 0. The molecule has 0 bridgehead atoms. The summed E-state index contributed by atoms with van der Waals surface area (Å²) in [5.41, 5.74) is 2.83. The van der Waals surface area contributed by atoms with Crippen molar-refractivity contribution in [2.45, 2.75) is 12.0 Å². The Balaban J connectivity index is 1.82. The van der Waals surface area contributed by atoms with Crippen LogP contribution < -0.4 is 5.32 Å². The minimum absolute atomic E-state index is 0.0260. The van der Waals surface area contributed by atoms with Gasteiger partial charge in [0.1, 0.15) is 6.54 Å². The van der Waals surface area contributed by atoms with Gasteiger partial charge in [-0.2, -0.15) is 0 Å². The van der Waals surface area contributed by atoms with Crippen molar-refractivity contribution >= 4 is 17.5 Å². The summed E-state index contributed by atoms with van der Waals surface area (Å²) in [6.07, 6.45) is 0. The third-order valence-corrected chi connectivity index (χ3v) is 4.23. The SMILES string of the molecule is O=C1CN2C(=O)C(c3ccccc3)C2c2ccccc2N1. The van der Waals surface area contributed by atoms with Gasteiger partial charge in [-0.25, -0.2) is 0 Å². The van der Waals surface area contributed by atoms with E-state index in [0.717, 1.165) is 16.8 Å². The third kappa shape index (κ3) is 1.76.